The predicted molar refractivity (Wildman–Crippen MR) is 80.8 cm³/mol. The van der Waals surface area contributed by atoms with Crippen LogP contribution in [0.4, 0.5) is 5.69 Å². The average molecular weight is 295 g/mol. The summed E-state index contributed by atoms with van der Waals surface area (Å²) in [6.07, 6.45) is 3.44. The van der Waals surface area contributed by atoms with E-state index < -0.39 is 10.8 Å². The lowest BCUT2D eigenvalue weighted by molar-refractivity contribution is 0.686. The number of rotatable bonds is 5. The highest BCUT2D eigenvalue weighted by molar-refractivity contribution is 7.83. The zero-order valence-electron chi connectivity index (χ0n) is 10.6. The Morgan fingerprint density at radius 3 is 2.84 bits per heavy atom. The van der Waals surface area contributed by atoms with Crippen molar-refractivity contribution in [2.24, 2.45) is 0 Å². The Balaban J connectivity index is 2.06. The Morgan fingerprint density at radius 1 is 1.32 bits per heavy atom. The molecule has 19 heavy (non-hydrogen) atoms. The first-order chi connectivity index (χ1) is 9.15. The normalized spacial score (nSPS) is 12.1. The first-order valence-electron chi connectivity index (χ1n) is 5.87. The lowest BCUT2D eigenvalue weighted by Gasteiger charge is -2.09. The molecule has 1 atom stereocenters. The van der Waals surface area contributed by atoms with Gasteiger partial charge >= 0.3 is 0 Å². The van der Waals surface area contributed by atoms with Crippen molar-refractivity contribution in [3.05, 3.63) is 58.9 Å². The minimum absolute atomic E-state index is 0.470. The largest absolute Gasteiger partial charge is 0.379 e. The Labute approximate surface area is 120 Å². The van der Waals surface area contributed by atoms with Crippen LogP contribution in [0, 0.1) is 0 Å². The molecule has 100 valence electrons. The fourth-order valence-electron chi connectivity index (χ4n) is 1.71. The van der Waals surface area contributed by atoms with E-state index in [4.69, 9.17) is 11.6 Å². The van der Waals surface area contributed by atoms with Crippen molar-refractivity contribution < 1.29 is 4.21 Å². The summed E-state index contributed by atoms with van der Waals surface area (Å²) in [7, 11) is -0.900. The number of benzene rings is 1. The van der Waals surface area contributed by atoms with Crippen LogP contribution in [-0.4, -0.2) is 15.4 Å². The monoisotopic (exact) mass is 294 g/mol. The van der Waals surface area contributed by atoms with Gasteiger partial charge in [-0.2, -0.15) is 0 Å². The van der Waals surface area contributed by atoms with Crippen molar-refractivity contribution in [1.82, 2.24) is 4.98 Å². The molecule has 5 heteroatoms. The van der Waals surface area contributed by atoms with Crippen LogP contribution >= 0.6 is 11.6 Å². The highest BCUT2D eigenvalue weighted by Gasteiger charge is 2.04. The molecular weight excluding hydrogens is 280 g/mol. The van der Waals surface area contributed by atoms with E-state index in [0.29, 0.717) is 17.3 Å². The highest BCUT2D eigenvalue weighted by atomic mass is 35.5. The molecular formula is C14H15ClN2OS. The minimum atomic E-state index is -0.900. The molecule has 2 rings (SSSR count). The molecule has 1 heterocycles. The van der Waals surface area contributed by atoms with E-state index in [9.17, 15) is 4.21 Å². The quantitative estimate of drug-likeness (QED) is 0.920. The lowest BCUT2D eigenvalue weighted by atomic mass is 10.2. The van der Waals surface area contributed by atoms with Crippen molar-refractivity contribution in [2.45, 2.75) is 12.3 Å². The molecule has 0 spiro atoms. The molecule has 1 N–H and O–H groups in total. The smallest absolute Gasteiger partial charge is 0.0594 e. The topological polar surface area (TPSA) is 42.0 Å². The number of nitrogens with one attached hydrogen (secondary N) is 1. The summed E-state index contributed by atoms with van der Waals surface area (Å²) in [6.45, 7) is 0.650. The van der Waals surface area contributed by atoms with Crippen LogP contribution < -0.4 is 5.32 Å². The van der Waals surface area contributed by atoms with E-state index in [-0.39, 0.29) is 0 Å². The van der Waals surface area contributed by atoms with Crippen LogP contribution in [0.3, 0.4) is 0 Å². The number of hydrogen-bond donors (Lipinski definition) is 1. The summed E-state index contributed by atoms with van der Waals surface area (Å²) >= 11 is 6.08. The Bertz CT molecular complexity index is 575. The maximum Gasteiger partial charge on any atom is 0.0594 e. The van der Waals surface area contributed by atoms with Gasteiger partial charge in [-0.15, -0.1) is 0 Å². The maximum absolute atomic E-state index is 11.3. The van der Waals surface area contributed by atoms with Gasteiger partial charge in [0.1, 0.15) is 0 Å². The van der Waals surface area contributed by atoms with Crippen molar-refractivity contribution >= 4 is 28.1 Å². The summed E-state index contributed by atoms with van der Waals surface area (Å²) in [4.78, 5) is 4.24. The minimum Gasteiger partial charge on any atom is -0.379 e. The summed E-state index contributed by atoms with van der Waals surface area (Å²) in [5, 5.41) is 3.93. The fourth-order valence-corrected chi connectivity index (χ4v) is 2.65. The standard InChI is InChI=1S/C14H15ClN2OS/c1-19(18)10-11-8-12(5-6-14(11)15)17-9-13-4-2-3-7-16-13/h2-8,17H,9-10H2,1H3. The van der Waals surface area contributed by atoms with E-state index in [1.807, 2.05) is 36.4 Å². The molecule has 0 saturated carbocycles. The predicted octanol–water partition coefficient (Wildman–Crippen LogP) is 3.23. The third kappa shape index (κ3) is 4.33. The van der Waals surface area contributed by atoms with Gasteiger partial charge in [-0.1, -0.05) is 17.7 Å². The van der Waals surface area contributed by atoms with Gasteiger partial charge in [0.2, 0.25) is 0 Å². The van der Waals surface area contributed by atoms with Crippen LogP contribution in [0.15, 0.2) is 42.6 Å². The molecule has 0 saturated heterocycles. The molecule has 0 fully saturated rings. The Hall–Kier alpha value is -1.39. The molecule has 2 aromatic rings. The zero-order chi connectivity index (χ0) is 13.7. The van der Waals surface area contributed by atoms with E-state index in [1.165, 1.54) is 0 Å². The zero-order valence-corrected chi connectivity index (χ0v) is 12.2. The molecule has 1 unspecified atom stereocenters. The molecule has 0 amide bonds. The summed E-state index contributed by atoms with van der Waals surface area (Å²) in [5.41, 5.74) is 2.82. The molecule has 1 aromatic carbocycles. The van der Waals surface area contributed by atoms with Crippen LogP contribution in [0.1, 0.15) is 11.3 Å². The van der Waals surface area contributed by atoms with Crippen LogP contribution in [-0.2, 0) is 23.1 Å². The lowest BCUT2D eigenvalue weighted by Crippen LogP contribution is -2.02. The number of hydrogen-bond acceptors (Lipinski definition) is 3. The second kappa shape index (κ2) is 6.68. The highest BCUT2D eigenvalue weighted by Crippen LogP contribution is 2.22. The van der Waals surface area contributed by atoms with Gasteiger partial charge in [0.15, 0.2) is 0 Å². The second-order valence-corrected chi connectivity index (χ2v) is 6.04. The number of halogens is 1. The molecule has 0 aliphatic carbocycles. The second-order valence-electron chi connectivity index (χ2n) is 4.20. The Kier molecular flexibility index (Phi) is 4.93. The van der Waals surface area contributed by atoms with Gasteiger partial charge in [0.05, 0.1) is 12.2 Å². The van der Waals surface area contributed by atoms with E-state index in [2.05, 4.69) is 10.3 Å². The first kappa shape index (κ1) is 14.0. The summed E-state index contributed by atoms with van der Waals surface area (Å²) < 4.78 is 11.3. The van der Waals surface area contributed by atoms with Gasteiger partial charge in [-0.05, 0) is 35.9 Å². The summed E-state index contributed by atoms with van der Waals surface area (Å²) in [6, 6.07) is 11.5. The first-order valence-corrected chi connectivity index (χ1v) is 7.98. The van der Waals surface area contributed by atoms with Crippen molar-refractivity contribution in [3.63, 3.8) is 0 Å². The molecule has 0 radical (unpaired) electrons. The fraction of sp³-hybridized carbons (Fsp3) is 0.214. The number of aromatic nitrogens is 1. The van der Waals surface area contributed by atoms with Gasteiger partial charge in [-0.25, -0.2) is 0 Å². The SMILES string of the molecule is CS(=O)Cc1cc(NCc2ccccn2)ccc1Cl. The molecule has 0 bridgehead atoms. The van der Waals surface area contributed by atoms with Crippen molar-refractivity contribution in [3.8, 4) is 0 Å². The van der Waals surface area contributed by atoms with Crippen LogP contribution in [0.25, 0.3) is 0 Å². The van der Waals surface area contributed by atoms with Gasteiger partial charge in [0.25, 0.3) is 0 Å². The summed E-state index contributed by atoms with van der Waals surface area (Å²) in [5.74, 6) is 0.470. The number of anilines is 1. The molecule has 3 nitrogen and oxygen atoms in total. The number of pyridine rings is 1. The molecule has 1 aromatic heterocycles. The van der Waals surface area contributed by atoms with Crippen molar-refractivity contribution in [2.75, 3.05) is 11.6 Å². The van der Waals surface area contributed by atoms with Gasteiger partial charge in [-0.3, -0.25) is 9.19 Å². The van der Waals surface area contributed by atoms with E-state index >= 15 is 0 Å². The van der Waals surface area contributed by atoms with E-state index in [0.717, 1.165) is 16.9 Å². The maximum atomic E-state index is 11.3. The van der Waals surface area contributed by atoms with Gasteiger partial charge < -0.3 is 5.32 Å². The average Bonchev–Trinajstić information content (AvgIpc) is 2.40. The van der Waals surface area contributed by atoms with Gasteiger partial charge in [0, 0.05) is 39.7 Å². The van der Waals surface area contributed by atoms with Crippen LogP contribution in [0.2, 0.25) is 5.02 Å². The number of nitrogens with zero attached hydrogens (tertiary/aromatic N) is 1. The van der Waals surface area contributed by atoms with Crippen LogP contribution in [0.5, 0.6) is 0 Å². The van der Waals surface area contributed by atoms with Crippen molar-refractivity contribution in [1.29, 1.82) is 0 Å². The Morgan fingerprint density at radius 2 is 2.16 bits per heavy atom. The molecule has 0 aliphatic heterocycles. The third-order valence-electron chi connectivity index (χ3n) is 2.60. The molecule has 0 aliphatic rings. The third-order valence-corrected chi connectivity index (χ3v) is 3.69. The van der Waals surface area contributed by atoms with E-state index in [1.54, 1.807) is 12.5 Å².